The highest BCUT2D eigenvalue weighted by Crippen LogP contribution is 2.41. The highest BCUT2D eigenvalue weighted by atomic mass is 16.4. The van der Waals surface area contributed by atoms with E-state index in [1.807, 2.05) is 6.92 Å². The van der Waals surface area contributed by atoms with E-state index in [1.54, 1.807) is 0 Å². The fourth-order valence-corrected chi connectivity index (χ4v) is 3.32. The van der Waals surface area contributed by atoms with Crippen LogP contribution in [0, 0.1) is 23.7 Å². The van der Waals surface area contributed by atoms with Crippen molar-refractivity contribution in [3.05, 3.63) is 0 Å². The van der Waals surface area contributed by atoms with Crippen molar-refractivity contribution in [1.29, 1.82) is 0 Å². The van der Waals surface area contributed by atoms with Crippen LogP contribution in [0.1, 0.15) is 26.2 Å². The number of rotatable bonds is 2. The fourth-order valence-electron chi connectivity index (χ4n) is 3.32. The van der Waals surface area contributed by atoms with Crippen LogP contribution in [0.15, 0.2) is 0 Å². The molecular formula is C11H19NO2. The number of fused-ring (bicyclic) bond motifs is 2. The molecule has 3 nitrogen and oxygen atoms in total. The first-order valence-electron chi connectivity index (χ1n) is 5.63. The number of carbonyl (C=O) groups is 1. The molecule has 14 heavy (non-hydrogen) atoms. The second-order valence-electron chi connectivity index (χ2n) is 4.81. The van der Waals surface area contributed by atoms with E-state index in [2.05, 4.69) is 5.32 Å². The van der Waals surface area contributed by atoms with E-state index in [1.165, 1.54) is 19.3 Å². The Labute approximate surface area is 84.9 Å². The SMILES string of the molecule is CC(C(=O)O)C1C2CCCC1CNC2. The number of hydrogen-bond acceptors (Lipinski definition) is 2. The van der Waals surface area contributed by atoms with Crippen molar-refractivity contribution >= 4 is 5.97 Å². The largest absolute Gasteiger partial charge is 0.481 e. The first kappa shape index (κ1) is 9.97. The minimum atomic E-state index is -0.617. The lowest BCUT2D eigenvalue weighted by Gasteiger charge is -2.44. The number of carboxylic acids is 1. The molecule has 2 fully saturated rings. The van der Waals surface area contributed by atoms with Gasteiger partial charge < -0.3 is 10.4 Å². The zero-order chi connectivity index (χ0) is 10.1. The quantitative estimate of drug-likeness (QED) is 0.702. The van der Waals surface area contributed by atoms with Crippen molar-refractivity contribution in [2.24, 2.45) is 23.7 Å². The van der Waals surface area contributed by atoms with Gasteiger partial charge in [-0.3, -0.25) is 4.79 Å². The summed E-state index contributed by atoms with van der Waals surface area (Å²) in [7, 11) is 0. The van der Waals surface area contributed by atoms with Gasteiger partial charge in [0.25, 0.3) is 0 Å². The minimum Gasteiger partial charge on any atom is -0.481 e. The number of nitrogens with one attached hydrogen (secondary N) is 1. The van der Waals surface area contributed by atoms with Gasteiger partial charge in [0.1, 0.15) is 0 Å². The maximum absolute atomic E-state index is 11.0. The van der Waals surface area contributed by atoms with Crippen LogP contribution in [0.4, 0.5) is 0 Å². The molecule has 0 spiro atoms. The summed E-state index contributed by atoms with van der Waals surface area (Å²) in [5, 5.41) is 12.5. The van der Waals surface area contributed by atoms with Crippen LogP contribution in [-0.2, 0) is 4.79 Å². The molecule has 80 valence electrons. The number of aliphatic carboxylic acids is 1. The molecule has 0 aromatic rings. The summed E-state index contributed by atoms with van der Waals surface area (Å²) >= 11 is 0. The second kappa shape index (κ2) is 3.89. The summed E-state index contributed by atoms with van der Waals surface area (Å²) in [6.07, 6.45) is 3.72. The summed E-state index contributed by atoms with van der Waals surface area (Å²) in [5.41, 5.74) is 0. The van der Waals surface area contributed by atoms with Gasteiger partial charge in [0, 0.05) is 0 Å². The zero-order valence-corrected chi connectivity index (χ0v) is 8.70. The van der Waals surface area contributed by atoms with E-state index in [9.17, 15) is 4.79 Å². The van der Waals surface area contributed by atoms with Gasteiger partial charge >= 0.3 is 5.97 Å². The molecule has 0 radical (unpaired) electrons. The highest BCUT2D eigenvalue weighted by molar-refractivity contribution is 5.70. The predicted molar refractivity (Wildman–Crippen MR) is 54.0 cm³/mol. The van der Waals surface area contributed by atoms with Gasteiger partial charge in [0.2, 0.25) is 0 Å². The van der Waals surface area contributed by atoms with Gasteiger partial charge in [0.15, 0.2) is 0 Å². The predicted octanol–water partition coefficient (Wildman–Crippen LogP) is 1.34. The summed E-state index contributed by atoms with van der Waals surface area (Å²) in [4.78, 5) is 11.0. The molecular weight excluding hydrogens is 178 g/mol. The van der Waals surface area contributed by atoms with Crippen molar-refractivity contribution in [1.82, 2.24) is 5.32 Å². The minimum absolute atomic E-state index is 0.160. The Morgan fingerprint density at radius 3 is 2.43 bits per heavy atom. The van der Waals surface area contributed by atoms with E-state index < -0.39 is 5.97 Å². The zero-order valence-electron chi connectivity index (χ0n) is 8.70. The summed E-state index contributed by atoms with van der Waals surface area (Å²) in [5.74, 6) is 0.853. The second-order valence-corrected chi connectivity index (χ2v) is 4.81. The standard InChI is InChI=1S/C11H19NO2/c1-7(11(13)14)10-8-3-2-4-9(10)6-12-5-8/h7-10,12H,2-6H2,1H3,(H,13,14). The molecule has 1 saturated carbocycles. The van der Waals surface area contributed by atoms with Crippen LogP contribution in [0.5, 0.6) is 0 Å². The van der Waals surface area contributed by atoms with Gasteiger partial charge in [-0.2, -0.15) is 0 Å². The first-order chi connectivity index (χ1) is 6.70. The molecule has 1 heterocycles. The Kier molecular flexibility index (Phi) is 2.77. The molecule has 2 N–H and O–H groups in total. The smallest absolute Gasteiger partial charge is 0.306 e. The van der Waals surface area contributed by atoms with Crippen molar-refractivity contribution in [2.45, 2.75) is 26.2 Å². The number of carboxylic acid groups (broad SMARTS) is 1. The summed E-state index contributed by atoms with van der Waals surface area (Å²) in [6.45, 7) is 3.93. The Morgan fingerprint density at radius 1 is 1.36 bits per heavy atom. The first-order valence-corrected chi connectivity index (χ1v) is 5.63. The Morgan fingerprint density at radius 2 is 1.93 bits per heavy atom. The monoisotopic (exact) mass is 197 g/mol. The van der Waals surface area contributed by atoms with E-state index in [0.717, 1.165) is 13.1 Å². The molecule has 3 atom stereocenters. The third-order valence-electron chi connectivity index (χ3n) is 4.02. The van der Waals surface area contributed by atoms with Crippen LogP contribution in [0.25, 0.3) is 0 Å². The molecule has 1 aliphatic carbocycles. The topological polar surface area (TPSA) is 49.3 Å². The van der Waals surface area contributed by atoms with Gasteiger partial charge in [-0.05, 0) is 43.7 Å². The summed E-state index contributed by atoms with van der Waals surface area (Å²) < 4.78 is 0. The lowest BCUT2D eigenvalue weighted by atomic mass is 9.65. The fraction of sp³-hybridized carbons (Fsp3) is 0.909. The van der Waals surface area contributed by atoms with Crippen molar-refractivity contribution < 1.29 is 9.90 Å². The van der Waals surface area contributed by atoms with E-state index in [-0.39, 0.29) is 5.92 Å². The normalized spacial score (nSPS) is 39.1. The van der Waals surface area contributed by atoms with E-state index >= 15 is 0 Å². The molecule has 3 unspecified atom stereocenters. The van der Waals surface area contributed by atoms with Crippen LogP contribution < -0.4 is 5.32 Å². The Bertz CT molecular complexity index is 207. The molecule has 0 aromatic heterocycles. The molecule has 1 saturated heterocycles. The van der Waals surface area contributed by atoms with E-state index in [4.69, 9.17) is 5.11 Å². The molecule has 0 amide bonds. The molecule has 3 heteroatoms. The highest BCUT2D eigenvalue weighted by Gasteiger charge is 2.41. The molecule has 2 rings (SSSR count). The van der Waals surface area contributed by atoms with Crippen LogP contribution in [0.3, 0.4) is 0 Å². The van der Waals surface area contributed by atoms with Crippen molar-refractivity contribution in [3.8, 4) is 0 Å². The summed E-state index contributed by atoms with van der Waals surface area (Å²) in [6, 6.07) is 0. The maximum atomic E-state index is 11.0. The van der Waals surface area contributed by atoms with Crippen molar-refractivity contribution in [2.75, 3.05) is 13.1 Å². The van der Waals surface area contributed by atoms with E-state index in [0.29, 0.717) is 17.8 Å². The van der Waals surface area contributed by atoms with Gasteiger partial charge in [-0.1, -0.05) is 13.3 Å². The molecule has 2 aliphatic rings. The lowest BCUT2D eigenvalue weighted by molar-refractivity contribution is -0.146. The average molecular weight is 197 g/mol. The molecule has 2 bridgehead atoms. The molecule has 0 aromatic carbocycles. The van der Waals surface area contributed by atoms with Crippen molar-refractivity contribution in [3.63, 3.8) is 0 Å². The average Bonchev–Trinajstić information content (AvgIpc) is 2.15. The maximum Gasteiger partial charge on any atom is 0.306 e. The number of hydrogen-bond donors (Lipinski definition) is 2. The Balaban J connectivity index is 2.11. The van der Waals surface area contributed by atoms with Gasteiger partial charge in [-0.15, -0.1) is 0 Å². The molecule has 1 aliphatic heterocycles. The lowest BCUT2D eigenvalue weighted by Crippen LogP contribution is -2.49. The van der Waals surface area contributed by atoms with Crippen LogP contribution in [0.2, 0.25) is 0 Å². The third kappa shape index (κ3) is 1.65. The van der Waals surface area contributed by atoms with Gasteiger partial charge in [-0.25, -0.2) is 0 Å². The van der Waals surface area contributed by atoms with Crippen LogP contribution >= 0.6 is 0 Å². The van der Waals surface area contributed by atoms with Gasteiger partial charge in [0.05, 0.1) is 5.92 Å². The third-order valence-corrected chi connectivity index (χ3v) is 4.02. The van der Waals surface area contributed by atoms with Crippen LogP contribution in [-0.4, -0.2) is 24.2 Å². The Hall–Kier alpha value is -0.570. The number of piperidine rings is 1.